The third-order valence-electron chi connectivity index (χ3n) is 6.41. The highest BCUT2D eigenvalue weighted by Gasteiger charge is 2.31. The van der Waals surface area contributed by atoms with E-state index in [0.717, 1.165) is 39.7 Å². The lowest BCUT2D eigenvalue weighted by Crippen LogP contribution is -2.22. The zero-order valence-corrected chi connectivity index (χ0v) is 21.1. The van der Waals surface area contributed by atoms with Crippen LogP contribution in [0, 0.1) is 5.92 Å². The molecule has 0 spiro atoms. The van der Waals surface area contributed by atoms with E-state index in [1.165, 1.54) is 29.5 Å². The van der Waals surface area contributed by atoms with Gasteiger partial charge in [0, 0.05) is 29.6 Å². The minimum atomic E-state index is -4.79. The Labute approximate surface area is 224 Å². The van der Waals surface area contributed by atoms with Crippen LogP contribution >= 0.6 is 11.3 Å². The number of halogens is 3. The highest BCUT2D eigenvalue weighted by Crippen LogP contribution is 2.34. The van der Waals surface area contributed by atoms with E-state index >= 15 is 0 Å². The number of benzene rings is 3. The molecule has 3 N–H and O–H groups in total. The molecule has 1 saturated carbocycles. The first-order valence-corrected chi connectivity index (χ1v) is 13.0. The third-order valence-corrected chi connectivity index (χ3v) is 7.35. The predicted octanol–water partition coefficient (Wildman–Crippen LogP) is 6.62. The summed E-state index contributed by atoms with van der Waals surface area (Å²) in [6.07, 6.45) is -1.34. The Bertz CT molecular complexity index is 1720. The molecule has 3 aromatic carbocycles. The monoisotopic (exact) mass is 550 g/mol. The molecule has 7 nitrogen and oxygen atoms in total. The number of alkyl halides is 3. The molecule has 5 aromatic rings. The largest absolute Gasteiger partial charge is 0.573 e. The van der Waals surface area contributed by atoms with E-state index in [1.807, 2.05) is 36.4 Å². The van der Waals surface area contributed by atoms with Crippen molar-refractivity contribution in [1.29, 1.82) is 0 Å². The van der Waals surface area contributed by atoms with Crippen molar-refractivity contribution in [2.45, 2.75) is 25.7 Å². The first-order valence-electron chi connectivity index (χ1n) is 12.2. The molecule has 0 atom stereocenters. The van der Waals surface area contributed by atoms with Gasteiger partial charge in [-0.05, 0) is 65.9 Å². The molecule has 0 unspecified atom stereocenters. The number of H-pyrrole nitrogens is 1. The number of amides is 2. The second kappa shape index (κ2) is 9.73. The molecule has 198 valence electrons. The number of anilines is 1. The number of fused-ring (bicyclic) bond motifs is 2. The SMILES string of the molecule is O=C(NCc1cccc(OC(F)(F)F)c1)c1c[nH]c2ccc(-c3ccc4nc(NC(=O)C5CC5)sc4c3)cc12. The molecule has 39 heavy (non-hydrogen) atoms. The van der Waals surface area contributed by atoms with Gasteiger partial charge in [0.25, 0.3) is 5.91 Å². The molecule has 0 saturated heterocycles. The standard InChI is InChI=1S/C28H21F3N4O3S/c29-28(30,31)38-19-3-1-2-15(10-19)13-33-26(37)21-14-32-22-8-6-17(11-20(21)22)18-7-9-23-24(12-18)39-27(34-23)35-25(36)16-4-5-16/h1-3,6-12,14,16,32H,4-5,13H2,(H,33,37)(H,34,35,36). The summed E-state index contributed by atoms with van der Waals surface area (Å²) in [4.78, 5) is 32.7. The number of carbonyl (C=O) groups excluding carboxylic acids is 2. The number of nitrogens with one attached hydrogen (secondary N) is 3. The van der Waals surface area contributed by atoms with E-state index in [4.69, 9.17) is 0 Å². The fourth-order valence-electron chi connectivity index (χ4n) is 4.33. The lowest BCUT2D eigenvalue weighted by Gasteiger charge is -2.10. The smallest absolute Gasteiger partial charge is 0.406 e. The van der Waals surface area contributed by atoms with Crippen molar-refractivity contribution in [3.63, 3.8) is 0 Å². The molecule has 11 heteroatoms. The number of rotatable bonds is 7. The van der Waals surface area contributed by atoms with E-state index in [9.17, 15) is 22.8 Å². The number of nitrogens with zero attached hydrogens (tertiary/aromatic N) is 1. The fourth-order valence-corrected chi connectivity index (χ4v) is 5.24. The van der Waals surface area contributed by atoms with Crippen LogP contribution in [-0.4, -0.2) is 28.1 Å². The summed E-state index contributed by atoms with van der Waals surface area (Å²) in [5, 5.41) is 6.94. The van der Waals surface area contributed by atoms with Gasteiger partial charge in [0.2, 0.25) is 5.91 Å². The van der Waals surface area contributed by atoms with Crippen molar-refractivity contribution in [2.75, 3.05) is 5.32 Å². The average molecular weight is 551 g/mol. The summed E-state index contributed by atoms with van der Waals surface area (Å²) in [6, 6.07) is 17.1. The highest BCUT2D eigenvalue weighted by atomic mass is 32.1. The van der Waals surface area contributed by atoms with Gasteiger partial charge in [-0.1, -0.05) is 35.6 Å². The van der Waals surface area contributed by atoms with E-state index in [1.54, 1.807) is 12.3 Å². The molecular formula is C28H21F3N4O3S. The Morgan fingerprint density at radius 3 is 2.64 bits per heavy atom. The van der Waals surface area contributed by atoms with Gasteiger partial charge in [0.15, 0.2) is 5.13 Å². The summed E-state index contributed by atoms with van der Waals surface area (Å²) in [7, 11) is 0. The Hall–Kier alpha value is -4.38. The van der Waals surface area contributed by atoms with Gasteiger partial charge in [0.1, 0.15) is 5.75 Å². The minimum absolute atomic E-state index is 0.0142. The predicted molar refractivity (Wildman–Crippen MR) is 143 cm³/mol. The lowest BCUT2D eigenvalue weighted by atomic mass is 10.0. The van der Waals surface area contributed by atoms with Crippen LogP contribution < -0.4 is 15.4 Å². The topological polar surface area (TPSA) is 96.1 Å². The number of hydrogen-bond acceptors (Lipinski definition) is 5. The minimum Gasteiger partial charge on any atom is -0.406 e. The Balaban J connectivity index is 1.20. The van der Waals surface area contributed by atoms with Crippen molar-refractivity contribution in [3.05, 3.63) is 78.0 Å². The molecule has 1 aliphatic rings. The van der Waals surface area contributed by atoms with Crippen LogP contribution in [-0.2, 0) is 11.3 Å². The second-order valence-electron chi connectivity index (χ2n) is 9.31. The van der Waals surface area contributed by atoms with Crippen LogP contribution in [0.5, 0.6) is 5.75 Å². The van der Waals surface area contributed by atoms with E-state index in [2.05, 4.69) is 25.3 Å². The number of hydrogen-bond donors (Lipinski definition) is 3. The number of ether oxygens (including phenoxy) is 1. The summed E-state index contributed by atoms with van der Waals surface area (Å²) in [5.41, 5.74) is 4.28. The summed E-state index contributed by atoms with van der Waals surface area (Å²) in [6.45, 7) is 0.0297. The Morgan fingerprint density at radius 2 is 1.85 bits per heavy atom. The summed E-state index contributed by atoms with van der Waals surface area (Å²) < 4.78 is 42.4. The highest BCUT2D eigenvalue weighted by molar-refractivity contribution is 7.22. The zero-order valence-electron chi connectivity index (χ0n) is 20.3. The van der Waals surface area contributed by atoms with Crippen molar-refractivity contribution in [2.24, 2.45) is 5.92 Å². The number of aromatic nitrogens is 2. The molecule has 6 rings (SSSR count). The van der Waals surface area contributed by atoms with E-state index in [0.29, 0.717) is 21.6 Å². The molecule has 0 radical (unpaired) electrons. The average Bonchev–Trinajstić information content (AvgIpc) is 3.55. The fraction of sp³-hybridized carbons (Fsp3) is 0.179. The van der Waals surface area contributed by atoms with Crippen LogP contribution in [0.4, 0.5) is 18.3 Å². The normalized spacial score (nSPS) is 13.5. The van der Waals surface area contributed by atoms with Crippen LogP contribution in [0.2, 0.25) is 0 Å². The van der Waals surface area contributed by atoms with Crippen LogP contribution in [0.1, 0.15) is 28.8 Å². The molecular weight excluding hydrogens is 529 g/mol. The molecule has 2 heterocycles. The quantitative estimate of drug-likeness (QED) is 0.212. The third kappa shape index (κ3) is 5.58. The zero-order chi connectivity index (χ0) is 27.1. The van der Waals surface area contributed by atoms with Crippen LogP contribution in [0.25, 0.3) is 32.2 Å². The molecule has 1 fully saturated rings. The van der Waals surface area contributed by atoms with Gasteiger partial charge in [-0.25, -0.2) is 4.98 Å². The molecule has 1 aliphatic carbocycles. The van der Waals surface area contributed by atoms with Crippen molar-refractivity contribution in [3.8, 4) is 16.9 Å². The number of carbonyl (C=O) groups is 2. The van der Waals surface area contributed by atoms with Gasteiger partial charge < -0.3 is 20.4 Å². The first-order chi connectivity index (χ1) is 18.7. The number of thiazole rings is 1. The molecule has 0 aliphatic heterocycles. The Kier molecular flexibility index (Phi) is 6.22. The van der Waals surface area contributed by atoms with Gasteiger partial charge in [-0.15, -0.1) is 13.2 Å². The lowest BCUT2D eigenvalue weighted by molar-refractivity contribution is -0.274. The maximum atomic E-state index is 13.0. The van der Waals surface area contributed by atoms with Crippen LogP contribution in [0.3, 0.4) is 0 Å². The van der Waals surface area contributed by atoms with Gasteiger partial charge in [-0.3, -0.25) is 9.59 Å². The van der Waals surface area contributed by atoms with Gasteiger partial charge >= 0.3 is 6.36 Å². The second-order valence-corrected chi connectivity index (χ2v) is 10.3. The van der Waals surface area contributed by atoms with Gasteiger partial charge in [0.05, 0.1) is 15.8 Å². The van der Waals surface area contributed by atoms with Crippen molar-refractivity contribution in [1.82, 2.24) is 15.3 Å². The molecule has 0 bridgehead atoms. The van der Waals surface area contributed by atoms with Crippen molar-refractivity contribution >= 4 is 49.4 Å². The van der Waals surface area contributed by atoms with E-state index < -0.39 is 6.36 Å². The maximum absolute atomic E-state index is 13.0. The molecule has 2 aromatic heterocycles. The van der Waals surface area contributed by atoms with Crippen molar-refractivity contribution < 1.29 is 27.5 Å². The van der Waals surface area contributed by atoms with E-state index in [-0.39, 0.29) is 30.0 Å². The number of aromatic amines is 1. The summed E-state index contributed by atoms with van der Waals surface area (Å²) >= 11 is 1.42. The first kappa shape index (κ1) is 24.9. The maximum Gasteiger partial charge on any atom is 0.573 e. The van der Waals surface area contributed by atoms with Crippen LogP contribution in [0.15, 0.2) is 66.9 Å². The Morgan fingerprint density at radius 1 is 1.05 bits per heavy atom. The van der Waals surface area contributed by atoms with Gasteiger partial charge in [-0.2, -0.15) is 0 Å². The molecule has 2 amide bonds. The summed E-state index contributed by atoms with van der Waals surface area (Å²) in [5.74, 6) is -0.600.